The lowest BCUT2D eigenvalue weighted by Crippen LogP contribution is -2.32. The molecule has 1 amide bonds. The maximum atomic E-state index is 12.6. The Balaban J connectivity index is 1.40. The fourth-order valence-corrected chi connectivity index (χ4v) is 5.89. The number of nitriles is 1. The number of hydrogen-bond acceptors (Lipinski definition) is 5. The number of carbonyl (C=O) groups is 1. The predicted molar refractivity (Wildman–Crippen MR) is 125 cm³/mol. The van der Waals surface area contributed by atoms with Crippen LogP contribution in [0, 0.1) is 17.2 Å². The number of hydrogen-bond donors (Lipinski definition) is 2. The summed E-state index contributed by atoms with van der Waals surface area (Å²) in [4.78, 5) is 12.3. The first kappa shape index (κ1) is 24.5. The van der Waals surface area contributed by atoms with Crippen LogP contribution in [0.3, 0.4) is 0 Å². The number of nitrogens with zero attached hydrogens (tertiary/aromatic N) is 1. The van der Waals surface area contributed by atoms with Crippen molar-refractivity contribution in [2.24, 2.45) is 5.92 Å². The molecule has 0 spiro atoms. The van der Waals surface area contributed by atoms with Crippen molar-refractivity contribution in [2.75, 3.05) is 12.4 Å². The van der Waals surface area contributed by atoms with Gasteiger partial charge in [0.25, 0.3) is 0 Å². The number of carbonyl (C=O) groups excluding carboxylic acids is 1. The SMILES string of the molecule is N#Cc1ccc(CCNC(=O)CC2CCC(NCS(=O)(=O)c3cccc(Cl)c3Cl)C2)cc1. The van der Waals surface area contributed by atoms with Crippen LogP contribution in [0.25, 0.3) is 0 Å². The van der Waals surface area contributed by atoms with E-state index in [-0.39, 0.29) is 38.7 Å². The molecule has 1 saturated carbocycles. The third kappa shape index (κ3) is 6.69. The molecule has 32 heavy (non-hydrogen) atoms. The molecule has 0 aliphatic heterocycles. The van der Waals surface area contributed by atoms with Gasteiger partial charge in [0.2, 0.25) is 5.91 Å². The smallest absolute Gasteiger partial charge is 0.220 e. The van der Waals surface area contributed by atoms with Crippen molar-refractivity contribution in [3.63, 3.8) is 0 Å². The molecule has 0 heterocycles. The highest BCUT2D eigenvalue weighted by Gasteiger charge is 2.28. The van der Waals surface area contributed by atoms with Crippen LogP contribution in [0.1, 0.15) is 36.8 Å². The van der Waals surface area contributed by atoms with Crippen LogP contribution in [0.4, 0.5) is 0 Å². The fourth-order valence-electron chi connectivity index (χ4n) is 3.90. The first-order chi connectivity index (χ1) is 15.3. The zero-order valence-corrected chi connectivity index (χ0v) is 19.8. The van der Waals surface area contributed by atoms with Gasteiger partial charge in [-0.05, 0) is 61.4 Å². The number of rotatable bonds is 9. The summed E-state index contributed by atoms with van der Waals surface area (Å²) >= 11 is 12.0. The Morgan fingerprint density at radius 2 is 1.88 bits per heavy atom. The Kier molecular flexibility index (Phi) is 8.55. The first-order valence-electron chi connectivity index (χ1n) is 10.4. The van der Waals surface area contributed by atoms with E-state index in [9.17, 15) is 13.2 Å². The van der Waals surface area contributed by atoms with Crippen LogP contribution in [-0.2, 0) is 21.1 Å². The Labute approximate surface area is 198 Å². The number of benzene rings is 2. The third-order valence-corrected chi connectivity index (χ3v) is 8.14. The summed E-state index contributed by atoms with van der Waals surface area (Å²) in [6.07, 6.45) is 3.58. The lowest BCUT2D eigenvalue weighted by Gasteiger charge is -2.14. The number of nitrogens with one attached hydrogen (secondary N) is 2. The van der Waals surface area contributed by atoms with E-state index in [1.807, 2.05) is 12.1 Å². The molecule has 2 aromatic carbocycles. The second-order valence-corrected chi connectivity index (χ2v) is 10.7. The lowest BCUT2D eigenvalue weighted by molar-refractivity contribution is -0.121. The summed E-state index contributed by atoms with van der Waals surface area (Å²) in [5, 5.41) is 15.1. The van der Waals surface area contributed by atoms with Crippen molar-refractivity contribution in [3.05, 3.63) is 63.6 Å². The molecule has 2 aromatic rings. The van der Waals surface area contributed by atoms with Crippen molar-refractivity contribution in [3.8, 4) is 6.07 Å². The molecule has 3 rings (SSSR count). The van der Waals surface area contributed by atoms with Gasteiger partial charge in [-0.2, -0.15) is 5.26 Å². The summed E-state index contributed by atoms with van der Waals surface area (Å²) in [5.74, 6) is 0.00354. The largest absolute Gasteiger partial charge is 0.356 e. The van der Waals surface area contributed by atoms with E-state index >= 15 is 0 Å². The van der Waals surface area contributed by atoms with E-state index in [0.717, 1.165) is 24.8 Å². The van der Waals surface area contributed by atoms with Gasteiger partial charge in [-0.1, -0.05) is 41.4 Å². The number of halogens is 2. The van der Waals surface area contributed by atoms with Crippen LogP contribution >= 0.6 is 23.2 Å². The monoisotopic (exact) mass is 493 g/mol. The Morgan fingerprint density at radius 1 is 1.12 bits per heavy atom. The zero-order valence-electron chi connectivity index (χ0n) is 17.5. The topological polar surface area (TPSA) is 99.1 Å². The Morgan fingerprint density at radius 3 is 2.59 bits per heavy atom. The van der Waals surface area contributed by atoms with Gasteiger partial charge in [-0.25, -0.2) is 8.42 Å². The van der Waals surface area contributed by atoms with Gasteiger partial charge >= 0.3 is 0 Å². The molecule has 6 nitrogen and oxygen atoms in total. The summed E-state index contributed by atoms with van der Waals surface area (Å²) < 4.78 is 25.2. The number of amides is 1. The van der Waals surface area contributed by atoms with Crippen LogP contribution in [0.15, 0.2) is 47.4 Å². The average Bonchev–Trinajstić information content (AvgIpc) is 3.22. The molecular formula is C23H25Cl2N3O3S. The quantitative estimate of drug-likeness (QED) is 0.547. The molecule has 0 aromatic heterocycles. The van der Waals surface area contributed by atoms with Gasteiger partial charge in [0.15, 0.2) is 9.84 Å². The van der Waals surface area contributed by atoms with Crippen LogP contribution in [0.5, 0.6) is 0 Å². The third-order valence-electron chi connectivity index (χ3n) is 5.65. The molecule has 2 unspecified atom stereocenters. The van der Waals surface area contributed by atoms with Crippen molar-refractivity contribution >= 4 is 38.9 Å². The van der Waals surface area contributed by atoms with Crippen molar-refractivity contribution in [1.29, 1.82) is 5.26 Å². The van der Waals surface area contributed by atoms with E-state index < -0.39 is 9.84 Å². The molecule has 0 bridgehead atoms. The predicted octanol–water partition coefficient (Wildman–Crippen LogP) is 4.10. The van der Waals surface area contributed by atoms with Gasteiger partial charge in [0.05, 0.1) is 26.6 Å². The molecule has 170 valence electrons. The standard InChI is InChI=1S/C23H25Cl2N3O3S/c24-20-2-1-3-21(23(20)25)32(30,31)15-28-19-9-8-18(12-19)13-22(29)27-11-10-16-4-6-17(14-26)7-5-16/h1-7,18-19,28H,8-13,15H2,(H,27,29). The highest BCUT2D eigenvalue weighted by Crippen LogP contribution is 2.31. The van der Waals surface area contributed by atoms with Crippen LogP contribution in [-0.4, -0.2) is 32.8 Å². The molecule has 2 atom stereocenters. The molecule has 1 aliphatic carbocycles. The van der Waals surface area contributed by atoms with E-state index in [1.165, 1.54) is 6.07 Å². The van der Waals surface area contributed by atoms with Gasteiger partial charge in [-0.3, -0.25) is 4.79 Å². The number of sulfone groups is 1. The van der Waals surface area contributed by atoms with Gasteiger partial charge in [0, 0.05) is 19.0 Å². The lowest BCUT2D eigenvalue weighted by atomic mass is 10.0. The average molecular weight is 494 g/mol. The molecule has 0 radical (unpaired) electrons. The Hall–Kier alpha value is -2.11. The minimum Gasteiger partial charge on any atom is -0.356 e. The minimum absolute atomic E-state index is 0.00243. The second kappa shape index (κ2) is 11.2. The molecule has 1 aliphatic rings. The molecule has 9 heteroatoms. The maximum Gasteiger partial charge on any atom is 0.220 e. The summed E-state index contributed by atoms with van der Waals surface area (Å²) in [6, 6.07) is 14.0. The summed E-state index contributed by atoms with van der Waals surface area (Å²) in [7, 11) is -3.61. The van der Waals surface area contributed by atoms with Gasteiger partial charge < -0.3 is 10.6 Å². The van der Waals surface area contributed by atoms with E-state index in [2.05, 4.69) is 16.7 Å². The van der Waals surface area contributed by atoms with Crippen molar-refractivity contribution in [1.82, 2.24) is 10.6 Å². The molecule has 2 N–H and O–H groups in total. The molecular weight excluding hydrogens is 469 g/mol. The van der Waals surface area contributed by atoms with Crippen molar-refractivity contribution in [2.45, 2.75) is 43.0 Å². The van der Waals surface area contributed by atoms with E-state index in [0.29, 0.717) is 24.9 Å². The minimum atomic E-state index is -3.61. The van der Waals surface area contributed by atoms with Gasteiger partial charge in [0.1, 0.15) is 5.88 Å². The highest BCUT2D eigenvalue weighted by molar-refractivity contribution is 7.91. The Bertz CT molecular complexity index is 1100. The summed E-state index contributed by atoms with van der Waals surface area (Å²) in [5.41, 5.74) is 1.68. The normalized spacial score (nSPS) is 18.3. The van der Waals surface area contributed by atoms with Crippen molar-refractivity contribution < 1.29 is 13.2 Å². The molecule has 0 saturated heterocycles. The van der Waals surface area contributed by atoms with E-state index in [4.69, 9.17) is 28.5 Å². The van der Waals surface area contributed by atoms with E-state index in [1.54, 1.807) is 24.3 Å². The zero-order chi connectivity index (χ0) is 23.1. The first-order valence-corrected chi connectivity index (χ1v) is 12.8. The summed E-state index contributed by atoms with van der Waals surface area (Å²) in [6.45, 7) is 0.539. The fraction of sp³-hybridized carbons (Fsp3) is 0.391. The van der Waals surface area contributed by atoms with Gasteiger partial charge in [-0.15, -0.1) is 0 Å². The second-order valence-electron chi connectivity index (χ2n) is 8.00. The van der Waals surface area contributed by atoms with Crippen LogP contribution in [0.2, 0.25) is 10.0 Å². The highest BCUT2D eigenvalue weighted by atomic mass is 35.5. The van der Waals surface area contributed by atoms with Crippen LogP contribution < -0.4 is 10.6 Å². The molecule has 1 fully saturated rings. The maximum absolute atomic E-state index is 12.6.